The van der Waals surface area contributed by atoms with Crippen molar-refractivity contribution in [2.45, 2.75) is 26.7 Å². The molecule has 1 aliphatic heterocycles. The second-order valence-electron chi connectivity index (χ2n) is 5.68. The Bertz CT molecular complexity index is 514. The highest BCUT2D eigenvalue weighted by Crippen LogP contribution is 2.22. The van der Waals surface area contributed by atoms with Crippen molar-refractivity contribution in [2.75, 3.05) is 19.6 Å². The molecule has 3 N–H and O–H groups in total. The van der Waals surface area contributed by atoms with Gasteiger partial charge in [-0.05, 0) is 31.2 Å². The van der Waals surface area contributed by atoms with Crippen LogP contribution in [0.3, 0.4) is 0 Å². The van der Waals surface area contributed by atoms with Crippen molar-refractivity contribution in [2.24, 2.45) is 11.8 Å². The van der Waals surface area contributed by atoms with Crippen LogP contribution < -0.4 is 5.32 Å². The molecule has 0 aliphatic carbocycles. The summed E-state index contributed by atoms with van der Waals surface area (Å²) in [6, 6.07) is -0.172. The number of hydrogen-bond acceptors (Lipinski definition) is 3. The quantitative estimate of drug-likeness (QED) is 0.706. The van der Waals surface area contributed by atoms with Crippen LogP contribution in [0.2, 0.25) is 0 Å². The Morgan fingerprint density at radius 2 is 2.29 bits per heavy atom. The maximum atomic E-state index is 12.0. The molecular formula is C14H22N4O3. The van der Waals surface area contributed by atoms with Gasteiger partial charge in [-0.15, -0.1) is 0 Å². The van der Waals surface area contributed by atoms with Gasteiger partial charge in [-0.2, -0.15) is 5.10 Å². The number of carbonyl (C=O) groups is 2. The first-order valence-electron chi connectivity index (χ1n) is 7.23. The molecule has 0 saturated carbocycles. The number of aliphatic carboxylic acids is 1. The lowest BCUT2D eigenvalue weighted by atomic mass is 9.99. The number of rotatable bonds is 5. The zero-order valence-electron chi connectivity index (χ0n) is 12.4. The van der Waals surface area contributed by atoms with E-state index in [1.54, 1.807) is 11.1 Å². The van der Waals surface area contributed by atoms with Crippen LogP contribution in [0.1, 0.15) is 24.6 Å². The largest absolute Gasteiger partial charge is 0.481 e. The Balaban J connectivity index is 1.71. The van der Waals surface area contributed by atoms with Gasteiger partial charge in [0.25, 0.3) is 0 Å². The average molecular weight is 294 g/mol. The molecule has 7 heteroatoms. The molecule has 116 valence electrons. The zero-order valence-corrected chi connectivity index (χ0v) is 12.4. The molecule has 0 aromatic carbocycles. The molecule has 2 atom stereocenters. The number of carboxylic acid groups (broad SMARTS) is 1. The number of aryl methyl sites for hydroxylation is 2. The van der Waals surface area contributed by atoms with Crippen molar-refractivity contribution in [3.8, 4) is 0 Å². The SMILES string of the molecule is Cc1[nH]ncc1CCCNC(=O)N1C[C@@H](C)[C@H](C(=O)O)C1. The maximum absolute atomic E-state index is 12.0. The lowest BCUT2D eigenvalue weighted by molar-refractivity contribution is -0.142. The summed E-state index contributed by atoms with van der Waals surface area (Å²) in [6.45, 7) is 5.21. The second-order valence-corrected chi connectivity index (χ2v) is 5.68. The van der Waals surface area contributed by atoms with Crippen molar-refractivity contribution in [3.05, 3.63) is 17.5 Å². The van der Waals surface area contributed by atoms with Crippen LogP contribution in [0.5, 0.6) is 0 Å². The molecule has 0 radical (unpaired) electrons. The lowest BCUT2D eigenvalue weighted by Crippen LogP contribution is -2.39. The third kappa shape index (κ3) is 3.74. The minimum absolute atomic E-state index is 0.00169. The summed E-state index contributed by atoms with van der Waals surface area (Å²) in [7, 11) is 0. The Labute approximate surface area is 123 Å². The van der Waals surface area contributed by atoms with E-state index in [0.717, 1.165) is 24.1 Å². The molecule has 1 aromatic rings. The van der Waals surface area contributed by atoms with Crippen molar-refractivity contribution < 1.29 is 14.7 Å². The fourth-order valence-electron chi connectivity index (χ4n) is 2.67. The van der Waals surface area contributed by atoms with Crippen molar-refractivity contribution in [1.82, 2.24) is 20.4 Å². The van der Waals surface area contributed by atoms with Gasteiger partial charge in [-0.3, -0.25) is 9.89 Å². The van der Waals surface area contributed by atoms with Crippen LogP contribution >= 0.6 is 0 Å². The number of hydrogen-bond donors (Lipinski definition) is 3. The third-order valence-electron chi connectivity index (χ3n) is 4.05. The number of H-pyrrole nitrogens is 1. The Hall–Kier alpha value is -2.05. The molecule has 0 bridgehead atoms. The van der Waals surface area contributed by atoms with Crippen LogP contribution in [-0.2, 0) is 11.2 Å². The first-order chi connectivity index (χ1) is 9.99. The Morgan fingerprint density at radius 1 is 1.52 bits per heavy atom. The van der Waals surface area contributed by atoms with E-state index in [9.17, 15) is 9.59 Å². The molecule has 2 rings (SSSR count). The first kappa shape index (κ1) is 15.3. The summed E-state index contributed by atoms with van der Waals surface area (Å²) in [5, 5.41) is 18.7. The lowest BCUT2D eigenvalue weighted by Gasteiger charge is -2.16. The van der Waals surface area contributed by atoms with Crippen molar-refractivity contribution in [3.63, 3.8) is 0 Å². The van der Waals surface area contributed by atoms with Gasteiger partial charge in [-0.1, -0.05) is 6.92 Å². The standard InChI is InChI=1S/C14H22N4O3/c1-9-7-18(8-12(9)13(19)20)14(21)15-5-3-4-11-6-16-17-10(11)2/h6,9,12H,3-5,7-8H2,1-2H3,(H,15,21)(H,16,17)(H,19,20)/t9-,12-/m1/s1. The number of aromatic nitrogens is 2. The number of nitrogens with zero attached hydrogens (tertiary/aromatic N) is 2. The summed E-state index contributed by atoms with van der Waals surface area (Å²) in [5.74, 6) is -1.28. The van der Waals surface area contributed by atoms with E-state index < -0.39 is 11.9 Å². The van der Waals surface area contributed by atoms with Gasteiger partial charge in [0.1, 0.15) is 0 Å². The van der Waals surface area contributed by atoms with E-state index in [-0.39, 0.29) is 11.9 Å². The molecule has 2 heterocycles. The van der Waals surface area contributed by atoms with Gasteiger partial charge in [0.15, 0.2) is 0 Å². The number of aromatic amines is 1. The minimum atomic E-state index is -0.826. The molecule has 2 amide bonds. The fraction of sp³-hybridized carbons (Fsp3) is 0.643. The minimum Gasteiger partial charge on any atom is -0.481 e. The maximum Gasteiger partial charge on any atom is 0.317 e. The highest BCUT2D eigenvalue weighted by atomic mass is 16.4. The van der Waals surface area contributed by atoms with Gasteiger partial charge in [0.05, 0.1) is 12.1 Å². The normalized spacial score (nSPS) is 21.5. The van der Waals surface area contributed by atoms with Crippen LogP contribution in [-0.4, -0.2) is 51.8 Å². The summed E-state index contributed by atoms with van der Waals surface area (Å²) < 4.78 is 0. The number of urea groups is 1. The van der Waals surface area contributed by atoms with Crippen LogP contribution in [0.4, 0.5) is 4.79 Å². The molecule has 7 nitrogen and oxygen atoms in total. The Morgan fingerprint density at radius 3 is 2.86 bits per heavy atom. The van der Waals surface area contributed by atoms with E-state index in [4.69, 9.17) is 5.11 Å². The smallest absolute Gasteiger partial charge is 0.317 e. The van der Waals surface area contributed by atoms with E-state index in [0.29, 0.717) is 19.6 Å². The summed E-state index contributed by atoms with van der Waals surface area (Å²) in [5.41, 5.74) is 2.21. The van der Waals surface area contributed by atoms with Crippen LogP contribution in [0.25, 0.3) is 0 Å². The zero-order chi connectivity index (χ0) is 15.4. The highest BCUT2D eigenvalue weighted by Gasteiger charge is 2.36. The predicted octanol–water partition coefficient (Wildman–Crippen LogP) is 1.01. The molecule has 1 aliphatic rings. The van der Waals surface area contributed by atoms with E-state index in [1.165, 1.54) is 0 Å². The topological polar surface area (TPSA) is 98.3 Å². The molecule has 0 unspecified atom stereocenters. The Kier molecular flexibility index (Phi) is 4.82. The van der Waals surface area contributed by atoms with Gasteiger partial charge in [0.2, 0.25) is 0 Å². The van der Waals surface area contributed by atoms with E-state index in [1.807, 2.05) is 13.8 Å². The molecule has 1 saturated heterocycles. The van der Waals surface area contributed by atoms with Crippen molar-refractivity contribution in [1.29, 1.82) is 0 Å². The molecule has 1 fully saturated rings. The number of amides is 2. The van der Waals surface area contributed by atoms with Gasteiger partial charge < -0.3 is 15.3 Å². The summed E-state index contributed by atoms with van der Waals surface area (Å²) in [4.78, 5) is 24.6. The van der Waals surface area contributed by atoms with Gasteiger partial charge in [-0.25, -0.2) is 4.79 Å². The molecule has 1 aromatic heterocycles. The van der Waals surface area contributed by atoms with Crippen LogP contribution in [0.15, 0.2) is 6.20 Å². The number of carbonyl (C=O) groups excluding carboxylic acids is 1. The molecular weight excluding hydrogens is 272 g/mol. The number of likely N-dealkylation sites (tertiary alicyclic amines) is 1. The molecule has 0 spiro atoms. The molecule has 21 heavy (non-hydrogen) atoms. The fourth-order valence-corrected chi connectivity index (χ4v) is 2.67. The first-order valence-corrected chi connectivity index (χ1v) is 7.23. The highest BCUT2D eigenvalue weighted by molar-refractivity contribution is 5.77. The van der Waals surface area contributed by atoms with E-state index >= 15 is 0 Å². The van der Waals surface area contributed by atoms with Gasteiger partial charge in [0, 0.05) is 25.3 Å². The second kappa shape index (κ2) is 6.60. The number of nitrogens with one attached hydrogen (secondary N) is 2. The number of carboxylic acids is 1. The predicted molar refractivity (Wildman–Crippen MR) is 76.9 cm³/mol. The average Bonchev–Trinajstić information content (AvgIpc) is 3.01. The van der Waals surface area contributed by atoms with E-state index in [2.05, 4.69) is 15.5 Å². The van der Waals surface area contributed by atoms with Crippen LogP contribution in [0, 0.1) is 18.8 Å². The third-order valence-corrected chi connectivity index (χ3v) is 4.05. The van der Waals surface area contributed by atoms with Gasteiger partial charge >= 0.3 is 12.0 Å². The summed E-state index contributed by atoms with van der Waals surface area (Å²) >= 11 is 0. The summed E-state index contributed by atoms with van der Waals surface area (Å²) in [6.07, 6.45) is 3.49. The van der Waals surface area contributed by atoms with Crippen molar-refractivity contribution >= 4 is 12.0 Å². The monoisotopic (exact) mass is 294 g/mol.